The monoisotopic (exact) mass is 336 g/mol. The van der Waals surface area contributed by atoms with Crippen LogP contribution in [0.3, 0.4) is 0 Å². The van der Waals surface area contributed by atoms with E-state index in [9.17, 15) is 4.79 Å². The molecule has 0 bridgehead atoms. The van der Waals surface area contributed by atoms with Gasteiger partial charge in [0.2, 0.25) is 0 Å². The topological polar surface area (TPSA) is 48.7 Å². The van der Waals surface area contributed by atoms with Crippen LogP contribution in [-0.2, 0) is 0 Å². The van der Waals surface area contributed by atoms with Crippen LogP contribution in [-0.4, -0.2) is 20.0 Å². The smallest absolute Gasteiger partial charge is 0.154 e. The van der Waals surface area contributed by atoms with Crippen LogP contribution in [0, 0.1) is 0 Å². The Morgan fingerprint density at radius 1 is 1.08 bits per heavy atom. The first-order valence-electron chi connectivity index (χ1n) is 8.04. The zero-order chi connectivity index (χ0) is 17.8. The number of ether oxygens (including phenoxy) is 2. The zero-order valence-corrected chi connectivity index (χ0v) is 14.5. The third kappa shape index (κ3) is 3.58. The SMILES string of the molecule is COc1ccc(-c2oc3ccc(OCC=C(C)C)cc3c2C=O)cc1. The Labute approximate surface area is 146 Å². The third-order valence-electron chi connectivity index (χ3n) is 3.91. The standard InChI is InChI=1S/C21H20O4/c1-14(2)10-11-24-17-8-9-20-18(12-17)19(13-22)21(25-20)15-4-6-16(23-3)7-5-15/h4-10,12-13H,11H2,1-3H3. The molecule has 0 aliphatic heterocycles. The predicted octanol–water partition coefficient (Wildman–Crippen LogP) is 5.27. The quantitative estimate of drug-likeness (QED) is 0.455. The van der Waals surface area contributed by atoms with Crippen LogP contribution in [0.4, 0.5) is 0 Å². The van der Waals surface area contributed by atoms with Crippen LogP contribution in [0.2, 0.25) is 0 Å². The van der Waals surface area contributed by atoms with Gasteiger partial charge in [-0.3, -0.25) is 4.79 Å². The van der Waals surface area contributed by atoms with E-state index in [4.69, 9.17) is 13.9 Å². The minimum Gasteiger partial charge on any atom is -0.497 e. The number of rotatable bonds is 6. The molecule has 3 rings (SSSR count). The number of benzene rings is 2. The molecule has 1 heterocycles. The molecule has 0 aliphatic rings. The van der Waals surface area contributed by atoms with Crippen molar-refractivity contribution in [1.82, 2.24) is 0 Å². The molecule has 4 nitrogen and oxygen atoms in total. The van der Waals surface area contributed by atoms with Crippen molar-refractivity contribution < 1.29 is 18.7 Å². The molecule has 0 N–H and O–H groups in total. The molecule has 4 heteroatoms. The van der Waals surface area contributed by atoms with Gasteiger partial charge in [0.05, 0.1) is 12.7 Å². The normalized spacial score (nSPS) is 10.5. The number of furan rings is 1. The summed E-state index contributed by atoms with van der Waals surface area (Å²) in [5.74, 6) is 2.01. The average Bonchev–Trinajstić information content (AvgIpc) is 2.99. The molecule has 0 amide bonds. The van der Waals surface area contributed by atoms with E-state index < -0.39 is 0 Å². The molecular weight excluding hydrogens is 316 g/mol. The largest absolute Gasteiger partial charge is 0.497 e. The molecule has 3 aromatic rings. The molecule has 2 aromatic carbocycles. The molecule has 0 radical (unpaired) electrons. The Morgan fingerprint density at radius 3 is 2.44 bits per heavy atom. The highest BCUT2D eigenvalue weighted by atomic mass is 16.5. The highest BCUT2D eigenvalue weighted by Crippen LogP contribution is 2.35. The first-order valence-corrected chi connectivity index (χ1v) is 8.04. The van der Waals surface area contributed by atoms with Crippen LogP contribution < -0.4 is 9.47 Å². The van der Waals surface area contributed by atoms with Crippen molar-refractivity contribution in [3.8, 4) is 22.8 Å². The Hall–Kier alpha value is -3.01. The lowest BCUT2D eigenvalue weighted by molar-refractivity contribution is 0.112. The van der Waals surface area contributed by atoms with Crippen molar-refractivity contribution in [2.45, 2.75) is 13.8 Å². The van der Waals surface area contributed by atoms with Gasteiger partial charge in [0.15, 0.2) is 6.29 Å². The van der Waals surface area contributed by atoms with Crippen molar-refractivity contribution >= 4 is 17.3 Å². The maximum absolute atomic E-state index is 11.7. The lowest BCUT2D eigenvalue weighted by Gasteiger charge is -2.03. The summed E-state index contributed by atoms with van der Waals surface area (Å²) in [5.41, 5.74) is 3.20. The fourth-order valence-electron chi connectivity index (χ4n) is 2.56. The molecule has 0 fully saturated rings. The molecular formula is C21H20O4. The van der Waals surface area contributed by atoms with Crippen LogP contribution in [0.25, 0.3) is 22.3 Å². The lowest BCUT2D eigenvalue weighted by Crippen LogP contribution is -1.93. The van der Waals surface area contributed by atoms with E-state index in [0.29, 0.717) is 29.3 Å². The van der Waals surface area contributed by atoms with E-state index in [1.54, 1.807) is 7.11 Å². The van der Waals surface area contributed by atoms with Gasteiger partial charge in [0.25, 0.3) is 0 Å². The molecule has 128 valence electrons. The van der Waals surface area contributed by atoms with Crippen molar-refractivity contribution in [3.05, 3.63) is 59.7 Å². The average molecular weight is 336 g/mol. The first kappa shape index (κ1) is 16.8. The van der Waals surface area contributed by atoms with Gasteiger partial charge < -0.3 is 13.9 Å². The first-order chi connectivity index (χ1) is 12.1. The van der Waals surface area contributed by atoms with E-state index in [1.165, 1.54) is 5.57 Å². The number of hydrogen-bond donors (Lipinski definition) is 0. The zero-order valence-electron chi connectivity index (χ0n) is 14.5. The molecule has 0 saturated carbocycles. The molecule has 1 aromatic heterocycles. The molecule has 0 saturated heterocycles. The second-order valence-electron chi connectivity index (χ2n) is 5.94. The summed E-state index contributed by atoms with van der Waals surface area (Å²) in [7, 11) is 1.61. The highest BCUT2D eigenvalue weighted by molar-refractivity contribution is 6.03. The summed E-state index contributed by atoms with van der Waals surface area (Å²) >= 11 is 0. The number of aldehydes is 1. The number of carbonyl (C=O) groups excluding carboxylic acids is 1. The Morgan fingerprint density at radius 2 is 1.80 bits per heavy atom. The second kappa shape index (κ2) is 7.26. The van der Waals surface area contributed by atoms with E-state index in [-0.39, 0.29) is 0 Å². The van der Waals surface area contributed by atoms with Crippen molar-refractivity contribution in [1.29, 1.82) is 0 Å². The van der Waals surface area contributed by atoms with Crippen molar-refractivity contribution in [2.24, 2.45) is 0 Å². The number of methoxy groups -OCH3 is 1. The minimum atomic E-state index is 0.494. The highest BCUT2D eigenvalue weighted by Gasteiger charge is 2.16. The molecule has 0 aliphatic carbocycles. The Kier molecular flexibility index (Phi) is 4.89. The fraction of sp³-hybridized carbons (Fsp3) is 0.190. The summed E-state index contributed by atoms with van der Waals surface area (Å²) in [4.78, 5) is 11.7. The van der Waals surface area contributed by atoms with Crippen LogP contribution in [0.15, 0.2) is 58.5 Å². The van der Waals surface area contributed by atoms with E-state index in [0.717, 1.165) is 23.0 Å². The lowest BCUT2D eigenvalue weighted by atomic mass is 10.1. The minimum absolute atomic E-state index is 0.494. The van der Waals surface area contributed by atoms with Crippen molar-refractivity contribution in [2.75, 3.05) is 13.7 Å². The van der Waals surface area contributed by atoms with E-state index in [1.807, 2.05) is 62.4 Å². The van der Waals surface area contributed by atoms with Crippen LogP contribution in [0.1, 0.15) is 24.2 Å². The van der Waals surface area contributed by atoms with Gasteiger partial charge in [-0.2, -0.15) is 0 Å². The molecule has 0 spiro atoms. The molecule has 0 atom stereocenters. The maximum Gasteiger partial charge on any atom is 0.154 e. The summed E-state index contributed by atoms with van der Waals surface area (Å²) in [6.07, 6.45) is 2.83. The fourth-order valence-corrected chi connectivity index (χ4v) is 2.56. The second-order valence-corrected chi connectivity index (χ2v) is 5.94. The van der Waals surface area contributed by atoms with Gasteiger partial charge in [-0.1, -0.05) is 5.57 Å². The summed E-state index contributed by atoms with van der Waals surface area (Å²) in [6.45, 7) is 4.54. The van der Waals surface area contributed by atoms with Gasteiger partial charge in [0, 0.05) is 10.9 Å². The number of hydrogen-bond acceptors (Lipinski definition) is 4. The van der Waals surface area contributed by atoms with E-state index >= 15 is 0 Å². The van der Waals surface area contributed by atoms with Gasteiger partial charge in [-0.25, -0.2) is 0 Å². The van der Waals surface area contributed by atoms with Gasteiger partial charge in [-0.05, 0) is 62.4 Å². The molecule has 25 heavy (non-hydrogen) atoms. The number of allylic oxidation sites excluding steroid dienone is 1. The van der Waals surface area contributed by atoms with Gasteiger partial charge in [-0.15, -0.1) is 0 Å². The summed E-state index contributed by atoms with van der Waals surface area (Å²) in [6, 6.07) is 12.9. The number of fused-ring (bicyclic) bond motifs is 1. The van der Waals surface area contributed by atoms with Crippen molar-refractivity contribution in [3.63, 3.8) is 0 Å². The number of carbonyl (C=O) groups is 1. The molecule has 0 unspecified atom stereocenters. The van der Waals surface area contributed by atoms with Gasteiger partial charge in [0.1, 0.15) is 29.4 Å². The maximum atomic E-state index is 11.7. The Bertz CT molecular complexity index is 913. The predicted molar refractivity (Wildman–Crippen MR) is 98.5 cm³/mol. The summed E-state index contributed by atoms with van der Waals surface area (Å²) < 4.78 is 16.8. The van der Waals surface area contributed by atoms with E-state index in [2.05, 4.69) is 0 Å². The van der Waals surface area contributed by atoms with Crippen LogP contribution >= 0.6 is 0 Å². The van der Waals surface area contributed by atoms with Crippen LogP contribution in [0.5, 0.6) is 11.5 Å². The Balaban J connectivity index is 1.99. The van der Waals surface area contributed by atoms with Gasteiger partial charge >= 0.3 is 0 Å². The third-order valence-corrected chi connectivity index (χ3v) is 3.91. The summed E-state index contributed by atoms with van der Waals surface area (Å²) in [5, 5.41) is 0.746.